The maximum atomic E-state index is 10.7. The SMILES string of the molecule is Cc1nc(Cl)c(C(=O)O)nc1C(C)C. The number of nitrogens with zero attached hydrogens (tertiary/aromatic N) is 2. The first-order chi connectivity index (χ1) is 6.43. The van der Waals surface area contributed by atoms with Crippen LogP contribution in [0.2, 0.25) is 5.15 Å². The molecule has 0 saturated carbocycles. The molecule has 1 N–H and O–H groups in total. The third kappa shape index (κ3) is 2.01. The lowest BCUT2D eigenvalue weighted by Crippen LogP contribution is -2.09. The van der Waals surface area contributed by atoms with Gasteiger partial charge in [-0.2, -0.15) is 0 Å². The highest BCUT2D eigenvalue weighted by Gasteiger charge is 2.16. The fourth-order valence-electron chi connectivity index (χ4n) is 1.19. The number of carboxylic acid groups (broad SMARTS) is 1. The number of halogens is 1. The average molecular weight is 215 g/mol. The molecule has 1 heterocycles. The molecule has 0 aromatic carbocycles. The van der Waals surface area contributed by atoms with E-state index in [0.29, 0.717) is 11.4 Å². The maximum Gasteiger partial charge on any atom is 0.357 e. The van der Waals surface area contributed by atoms with E-state index in [9.17, 15) is 4.79 Å². The van der Waals surface area contributed by atoms with Crippen LogP contribution in [0.1, 0.15) is 41.6 Å². The molecule has 0 aliphatic carbocycles. The fourth-order valence-corrected chi connectivity index (χ4v) is 1.44. The maximum absolute atomic E-state index is 10.7. The molecule has 4 nitrogen and oxygen atoms in total. The van der Waals surface area contributed by atoms with Gasteiger partial charge in [0.05, 0.1) is 11.4 Å². The van der Waals surface area contributed by atoms with E-state index in [-0.39, 0.29) is 16.8 Å². The summed E-state index contributed by atoms with van der Waals surface area (Å²) in [5, 5.41) is 8.72. The van der Waals surface area contributed by atoms with Crippen molar-refractivity contribution in [3.63, 3.8) is 0 Å². The Balaban J connectivity index is 3.34. The van der Waals surface area contributed by atoms with Gasteiger partial charge in [0, 0.05) is 0 Å². The Morgan fingerprint density at radius 3 is 2.43 bits per heavy atom. The lowest BCUT2D eigenvalue weighted by atomic mass is 10.1. The number of aryl methyl sites for hydroxylation is 1. The van der Waals surface area contributed by atoms with Gasteiger partial charge in [-0.05, 0) is 12.8 Å². The topological polar surface area (TPSA) is 63.1 Å². The van der Waals surface area contributed by atoms with Crippen LogP contribution in [0.4, 0.5) is 0 Å². The average Bonchev–Trinajstić information content (AvgIpc) is 2.02. The van der Waals surface area contributed by atoms with Crippen LogP contribution in [0.25, 0.3) is 0 Å². The Labute approximate surface area is 87.0 Å². The minimum Gasteiger partial charge on any atom is -0.476 e. The highest BCUT2D eigenvalue weighted by Crippen LogP contribution is 2.19. The molecule has 76 valence electrons. The van der Waals surface area contributed by atoms with Gasteiger partial charge in [0.15, 0.2) is 10.8 Å². The van der Waals surface area contributed by atoms with E-state index in [2.05, 4.69) is 9.97 Å². The van der Waals surface area contributed by atoms with Crippen molar-refractivity contribution in [2.75, 3.05) is 0 Å². The molecule has 14 heavy (non-hydrogen) atoms. The summed E-state index contributed by atoms with van der Waals surface area (Å²) in [5.41, 5.74) is 1.17. The number of carboxylic acids is 1. The molecule has 0 atom stereocenters. The zero-order chi connectivity index (χ0) is 10.9. The van der Waals surface area contributed by atoms with Crippen molar-refractivity contribution >= 4 is 17.6 Å². The van der Waals surface area contributed by atoms with Crippen LogP contribution in [-0.2, 0) is 0 Å². The van der Waals surface area contributed by atoms with Crippen LogP contribution >= 0.6 is 11.6 Å². The van der Waals surface area contributed by atoms with Crippen molar-refractivity contribution in [3.8, 4) is 0 Å². The van der Waals surface area contributed by atoms with Gasteiger partial charge in [0.1, 0.15) is 0 Å². The molecule has 0 radical (unpaired) electrons. The predicted molar refractivity (Wildman–Crippen MR) is 52.8 cm³/mol. The third-order valence-corrected chi connectivity index (χ3v) is 2.08. The van der Waals surface area contributed by atoms with Crippen LogP contribution in [-0.4, -0.2) is 21.0 Å². The zero-order valence-corrected chi connectivity index (χ0v) is 8.96. The standard InChI is InChI=1S/C9H11ClN2O2/c1-4(2)6-5(3)11-8(10)7(12-6)9(13)14/h4H,1-3H3,(H,13,14). The van der Waals surface area contributed by atoms with E-state index in [4.69, 9.17) is 16.7 Å². The van der Waals surface area contributed by atoms with Crippen molar-refractivity contribution in [2.45, 2.75) is 26.7 Å². The highest BCUT2D eigenvalue weighted by molar-refractivity contribution is 6.32. The van der Waals surface area contributed by atoms with E-state index in [0.717, 1.165) is 0 Å². The molecule has 5 heteroatoms. The summed E-state index contributed by atoms with van der Waals surface area (Å²) in [6, 6.07) is 0. The van der Waals surface area contributed by atoms with Crippen LogP contribution in [0.15, 0.2) is 0 Å². The third-order valence-electron chi connectivity index (χ3n) is 1.81. The number of hydrogen-bond acceptors (Lipinski definition) is 3. The Morgan fingerprint density at radius 1 is 1.43 bits per heavy atom. The predicted octanol–water partition coefficient (Wildman–Crippen LogP) is 2.26. The second kappa shape index (κ2) is 3.92. The fraction of sp³-hybridized carbons (Fsp3) is 0.444. The quantitative estimate of drug-likeness (QED) is 0.820. The van der Waals surface area contributed by atoms with E-state index >= 15 is 0 Å². The largest absolute Gasteiger partial charge is 0.476 e. The molecule has 0 fully saturated rings. The summed E-state index contributed by atoms with van der Waals surface area (Å²) in [7, 11) is 0. The van der Waals surface area contributed by atoms with Crippen LogP contribution in [0.5, 0.6) is 0 Å². The summed E-state index contributed by atoms with van der Waals surface area (Å²) < 4.78 is 0. The van der Waals surface area contributed by atoms with Crippen molar-refractivity contribution in [2.24, 2.45) is 0 Å². The molecule has 0 unspecified atom stereocenters. The number of hydrogen-bond donors (Lipinski definition) is 1. The van der Waals surface area contributed by atoms with Crippen LogP contribution in [0, 0.1) is 6.92 Å². The van der Waals surface area contributed by atoms with E-state index in [1.807, 2.05) is 13.8 Å². The minimum atomic E-state index is -1.15. The van der Waals surface area contributed by atoms with Crippen LogP contribution in [0.3, 0.4) is 0 Å². The molecule has 0 saturated heterocycles. The molecular formula is C9H11ClN2O2. The number of aromatic nitrogens is 2. The van der Waals surface area contributed by atoms with Gasteiger partial charge in [-0.3, -0.25) is 0 Å². The molecule has 0 bridgehead atoms. The van der Waals surface area contributed by atoms with Crippen molar-refractivity contribution in [1.82, 2.24) is 9.97 Å². The first-order valence-corrected chi connectivity index (χ1v) is 4.58. The van der Waals surface area contributed by atoms with E-state index in [1.54, 1.807) is 6.92 Å². The zero-order valence-electron chi connectivity index (χ0n) is 8.21. The van der Waals surface area contributed by atoms with Gasteiger partial charge in [-0.25, -0.2) is 14.8 Å². The molecule has 1 aromatic rings. The van der Waals surface area contributed by atoms with E-state index in [1.165, 1.54) is 0 Å². The monoisotopic (exact) mass is 214 g/mol. The Morgan fingerprint density at radius 2 is 2.00 bits per heavy atom. The number of rotatable bonds is 2. The first kappa shape index (κ1) is 10.9. The molecular weight excluding hydrogens is 204 g/mol. The molecule has 0 aliphatic rings. The second-order valence-electron chi connectivity index (χ2n) is 3.29. The van der Waals surface area contributed by atoms with Crippen LogP contribution < -0.4 is 0 Å². The lowest BCUT2D eigenvalue weighted by molar-refractivity contribution is 0.0690. The summed E-state index contributed by atoms with van der Waals surface area (Å²) in [5.74, 6) is -1.01. The smallest absolute Gasteiger partial charge is 0.357 e. The highest BCUT2D eigenvalue weighted by atomic mass is 35.5. The van der Waals surface area contributed by atoms with Crippen molar-refractivity contribution in [3.05, 3.63) is 22.2 Å². The van der Waals surface area contributed by atoms with E-state index < -0.39 is 5.97 Å². The number of aromatic carboxylic acids is 1. The summed E-state index contributed by atoms with van der Waals surface area (Å²) >= 11 is 5.65. The summed E-state index contributed by atoms with van der Waals surface area (Å²) in [6.07, 6.45) is 0. The molecule has 0 aliphatic heterocycles. The Hall–Kier alpha value is -1.16. The normalized spacial score (nSPS) is 10.6. The van der Waals surface area contributed by atoms with Gasteiger partial charge in [0.2, 0.25) is 0 Å². The lowest BCUT2D eigenvalue weighted by Gasteiger charge is -2.09. The second-order valence-corrected chi connectivity index (χ2v) is 3.65. The molecule has 1 rings (SSSR count). The van der Waals surface area contributed by atoms with Gasteiger partial charge in [0.25, 0.3) is 0 Å². The minimum absolute atomic E-state index is 0.0561. The summed E-state index contributed by atoms with van der Waals surface area (Å²) in [6.45, 7) is 5.62. The van der Waals surface area contributed by atoms with Crippen molar-refractivity contribution < 1.29 is 9.90 Å². The first-order valence-electron chi connectivity index (χ1n) is 4.20. The van der Waals surface area contributed by atoms with Gasteiger partial charge >= 0.3 is 5.97 Å². The Kier molecular flexibility index (Phi) is 3.06. The molecule has 0 amide bonds. The Bertz CT molecular complexity index is 377. The molecule has 0 spiro atoms. The van der Waals surface area contributed by atoms with Gasteiger partial charge in [-0.15, -0.1) is 0 Å². The summed E-state index contributed by atoms with van der Waals surface area (Å²) in [4.78, 5) is 18.6. The van der Waals surface area contributed by atoms with Gasteiger partial charge in [-0.1, -0.05) is 25.4 Å². The number of carbonyl (C=O) groups is 1. The van der Waals surface area contributed by atoms with Crippen molar-refractivity contribution in [1.29, 1.82) is 0 Å². The molecule has 1 aromatic heterocycles. The van der Waals surface area contributed by atoms with Gasteiger partial charge < -0.3 is 5.11 Å².